The number of imidazole rings is 1. The van der Waals surface area contributed by atoms with E-state index >= 15 is 0 Å². The van der Waals surface area contributed by atoms with E-state index in [1.54, 1.807) is 0 Å². The summed E-state index contributed by atoms with van der Waals surface area (Å²) in [5, 5.41) is 3.05. The smallest absolute Gasteiger partial charge is 0.375 e. The molecule has 7 heteroatoms. The van der Waals surface area contributed by atoms with E-state index in [2.05, 4.69) is 10.3 Å². The molecule has 0 fully saturated rings. The van der Waals surface area contributed by atoms with Gasteiger partial charge in [-0.1, -0.05) is 18.2 Å². The van der Waals surface area contributed by atoms with Crippen LogP contribution in [0.1, 0.15) is 16.8 Å². The number of hydrogen-bond donors (Lipinski definition) is 1. The summed E-state index contributed by atoms with van der Waals surface area (Å²) in [4.78, 5) is 3.81. The summed E-state index contributed by atoms with van der Waals surface area (Å²) in [5.41, 5.74) is 1.73. The molecule has 2 aromatic rings. The maximum absolute atomic E-state index is 12.9. The third-order valence-electron chi connectivity index (χ3n) is 3.59. The number of ether oxygens (including phenoxy) is 1. The predicted molar refractivity (Wildman–Crippen MR) is 75.1 cm³/mol. The zero-order chi connectivity index (χ0) is 15.7. The van der Waals surface area contributed by atoms with Gasteiger partial charge in [0.15, 0.2) is 5.69 Å². The normalized spacial score (nSPS) is 14.9. The number of aromatic nitrogens is 2. The van der Waals surface area contributed by atoms with E-state index in [0.29, 0.717) is 37.7 Å². The van der Waals surface area contributed by atoms with Crippen molar-refractivity contribution in [3.63, 3.8) is 0 Å². The lowest BCUT2D eigenvalue weighted by Crippen LogP contribution is -2.12. The Kier molecular flexibility index (Phi) is 3.92. The van der Waals surface area contributed by atoms with Crippen molar-refractivity contribution in [2.45, 2.75) is 25.9 Å². The van der Waals surface area contributed by atoms with Crippen molar-refractivity contribution in [1.29, 1.82) is 0 Å². The summed E-state index contributed by atoms with van der Waals surface area (Å²) >= 11 is 0. The molecule has 0 amide bonds. The molecule has 0 aliphatic carbocycles. The Balaban J connectivity index is 2.10. The highest BCUT2D eigenvalue weighted by molar-refractivity contribution is 5.62. The third kappa shape index (κ3) is 2.86. The van der Waals surface area contributed by atoms with Gasteiger partial charge >= 0.3 is 6.18 Å². The topological polar surface area (TPSA) is 39.1 Å². The summed E-state index contributed by atoms with van der Waals surface area (Å²) in [5.74, 6) is 0.349. The Labute approximate surface area is 125 Å². The number of hydrogen-bond acceptors (Lipinski definition) is 3. The van der Waals surface area contributed by atoms with E-state index in [1.165, 1.54) is 4.57 Å². The number of halogens is 3. The van der Waals surface area contributed by atoms with Gasteiger partial charge in [0.05, 0.1) is 13.2 Å². The first-order valence-electron chi connectivity index (χ1n) is 6.98. The summed E-state index contributed by atoms with van der Waals surface area (Å²) < 4.78 is 45.8. The first-order valence-corrected chi connectivity index (χ1v) is 6.98. The lowest BCUT2D eigenvalue weighted by atomic mass is 10.0. The highest BCUT2D eigenvalue weighted by atomic mass is 19.4. The van der Waals surface area contributed by atoms with Gasteiger partial charge in [0.1, 0.15) is 5.82 Å². The molecule has 1 aliphatic heterocycles. The Hall–Kier alpha value is -1.86. The van der Waals surface area contributed by atoms with E-state index in [-0.39, 0.29) is 0 Å². The second kappa shape index (κ2) is 5.73. The number of fused-ring (bicyclic) bond motifs is 3. The standard InChI is InChI=1S/C15H16F3N3O/c1-19-7-10-2-3-12-11(6-10)9-22-5-4-21-8-13(15(16,17)18)20-14(12)21/h2-3,6,8,19H,4-5,7,9H2,1H3. The van der Waals surface area contributed by atoms with Crippen LogP contribution in [0.2, 0.25) is 0 Å². The van der Waals surface area contributed by atoms with E-state index in [0.717, 1.165) is 17.3 Å². The molecule has 4 nitrogen and oxygen atoms in total. The summed E-state index contributed by atoms with van der Waals surface area (Å²) in [6.07, 6.45) is -3.39. The molecular formula is C15H16F3N3O. The molecule has 2 heterocycles. The SMILES string of the molecule is CNCc1ccc2c(c1)COCCn1cc(C(F)(F)F)nc1-2. The molecule has 0 saturated heterocycles. The van der Waals surface area contributed by atoms with Gasteiger partial charge in [-0.3, -0.25) is 0 Å². The van der Waals surface area contributed by atoms with E-state index < -0.39 is 11.9 Å². The molecule has 0 saturated carbocycles. The minimum atomic E-state index is -4.44. The molecule has 22 heavy (non-hydrogen) atoms. The van der Waals surface area contributed by atoms with Crippen molar-refractivity contribution >= 4 is 0 Å². The predicted octanol–water partition coefficient (Wildman–Crippen LogP) is 2.82. The Morgan fingerprint density at radius 2 is 2.18 bits per heavy atom. The minimum absolute atomic E-state index is 0.349. The number of nitrogens with one attached hydrogen (secondary N) is 1. The maximum atomic E-state index is 12.9. The van der Waals surface area contributed by atoms with E-state index in [9.17, 15) is 13.2 Å². The quantitative estimate of drug-likeness (QED) is 0.927. The zero-order valence-electron chi connectivity index (χ0n) is 12.1. The first-order chi connectivity index (χ1) is 10.5. The van der Waals surface area contributed by atoms with Crippen LogP contribution >= 0.6 is 0 Å². The number of rotatable bonds is 2. The molecule has 1 N–H and O–H groups in total. The van der Waals surface area contributed by atoms with Crippen molar-refractivity contribution in [1.82, 2.24) is 14.9 Å². The van der Waals surface area contributed by atoms with Gasteiger partial charge in [-0.25, -0.2) is 4.98 Å². The van der Waals surface area contributed by atoms with Crippen LogP contribution in [0.4, 0.5) is 13.2 Å². The largest absolute Gasteiger partial charge is 0.434 e. The fourth-order valence-electron chi connectivity index (χ4n) is 2.58. The summed E-state index contributed by atoms with van der Waals surface area (Å²) in [7, 11) is 1.84. The average molecular weight is 311 g/mol. The highest BCUT2D eigenvalue weighted by Gasteiger charge is 2.35. The van der Waals surface area contributed by atoms with Gasteiger partial charge in [-0.15, -0.1) is 0 Å². The van der Waals surface area contributed by atoms with Crippen LogP contribution in [0, 0.1) is 0 Å². The molecule has 0 spiro atoms. The van der Waals surface area contributed by atoms with Gasteiger partial charge in [0.25, 0.3) is 0 Å². The molecule has 0 radical (unpaired) electrons. The lowest BCUT2D eigenvalue weighted by molar-refractivity contribution is -0.140. The number of alkyl halides is 3. The van der Waals surface area contributed by atoms with Gasteiger partial charge < -0.3 is 14.6 Å². The van der Waals surface area contributed by atoms with Gasteiger partial charge in [0, 0.05) is 24.8 Å². The molecular weight excluding hydrogens is 295 g/mol. The van der Waals surface area contributed by atoms with Gasteiger partial charge in [-0.2, -0.15) is 13.2 Å². The van der Waals surface area contributed by atoms with Gasteiger partial charge in [-0.05, 0) is 18.2 Å². The Bertz CT molecular complexity index is 679. The Morgan fingerprint density at radius 1 is 1.36 bits per heavy atom. The van der Waals surface area contributed by atoms with Gasteiger partial charge in [0.2, 0.25) is 0 Å². The summed E-state index contributed by atoms with van der Waals surface area (Å²) in [6.45, 7) is 1.78. The molecule has 3 rings (SSSR count). The van der Waals surface area contributed by atoms with Crippen molar-refractivity contribution in [3.05, 3.63) is 41.2 Å². The van der Waals surface area contributed by atoms with Crippen LogP contribution in [-0.2, 0) is 30.6 Å². The zero-order valence-corrected chi connectivity index (χ0v) is 12.1. The molecule has 0 atom stereocenters. The molecule has 1 aromatic carbocycles. The first kappa shape index (κ1) is 15.1. The van der Waals surface area contributed by atoms with Crippen LogP contribution in [0.25, 0.3) is 11.4 Å². The highest BCUT2D eigenvalue weighted by Crippen LogP contribution is 2.33. The van der Waals surface area contributed by atoms with Crippen molar-refractivity contribution in [3.8, 4) is 11.4 Å². The maximum Gasteiger partial charge on any atom is 0.434 e. The molecule has 118 valence electrons. The summed E-state index contributed by atoms with van der Waals surface area (Å²) in [6, 6.07) is 5.66. The fraction of sp³-hybridized carbons (Fsp3) is 0.400. The van der Waals surface area contributed by atoms with Crippen LogP contribution in [0.15, 0.2) is 24.4 Å². The molecule has 0 unspecified atom stereocenters. The lowest BCUT2D eigenvalue weighted by Gasteiger charge is -2.17. The van der Waals surface area contributed by atoms with Crippen molar-refractivity contribution in [2.75, 3.05) is 13.7 Å². The second-order valence-electron chi connectivity index (χ2n) is 5.22. The Morgan fingerprint density at radius 3 is 2.91 bits per heavy atom. The fourth-order valence-corrected chi connectivity index (χ4v) is 2.58. The van der Waals surface area contributed by atoms with E-state index in [4.69, 9.17) is 4.74 Å². The molecule has 0 bridgehead atoms. The molecule has 1 aromatic heterocycles. The number of benzene rings is 1. The minimum Gasteiger partial charge on any atom is -0.375 e. The third-order valence-corrected chi connectivity index (χ3v) is 3.59. The van der Waals surface area contributed by atoms with Crippen LogP contribution in [0.5, 0.6) is 0 Å². The van der Waals surface area contributed by atoms with Crippen LogP contribution in [-0.4, -0.2) is 23.2 Å². The monoisotopic (exact) mass is 311 g/mol. The van der Waals surface area contributed by atoms with Crippen molar-refractivity contribution in [2.24, 2.45) is 0 Å². The number of nitrogens with zero attached hydrogens (tertiary/aromatic N) is 2. The van der Waals surface area contributed by atoms with Crippen molar-refractivity contribution < 1.29 is 17.9 Å². The second-order valence-corrected chi connectivity index (χ2v) is 5.22. The van der Waals surface area contributed by atoms with E-state index in [1.807, 2.05) is 25.2 Å². The van der Waals surface area contributed by atoms with Crippen LogP contribution in [0.3, 0.4) is 0 Å². The molecule has 1 aliphatic rings. The average Bonchev–Trinajstić information content (AvgIpc) is 2.85. The van der Waals surface area contributed by atoms with Crippen LogP contribution < -0.4 is 5.32 Å².